The average Bonchev–Trinajstić information content (AvgIpc) is 2.58. The maximum Gasteiger partial charge on any atom is 0.138 e. The topological polar surface area (TPSA) is 40.5 Å². The summed E-state index contributed by atoms with van der Waals surface area (Å²) in [6.07, 6.45) is 0. The molecule has 4 rings (SSSR count). The zero-order chi connectivity index (χ0) is 18.6. The molecule has 0 heterocycles. The van der Waals surface area contributed by atoms with Crippen LogP contribution in [0.3, 0.4) is 0 Å². The van der Waals surface area contributed by atoms with E-state index in [1.165, 1.54) is 0 Å². The number of phenols is 2. The molecule has 130 valence electrons. The molecular formula is C20H10Br4O2. The third-order valence-electron chi connectivity index (χ3n) is 4.31. The van der Waals surface area contributed by atoms with E-state index < -0.39 is 0 Å². The van der Waals surface area contributed by atoms with Crippen molar-refractivity contribution in [2.45, 2.75) is 0 Å². The summed E-state index contributed by atoms with van der Waals surface area (Å²) >= 11 is 13.9. The minimum Gasteiger partial charge on any atom is -0.506 e. The van der Waals surface area contributed by atoms with E-state index in [0.717, 1.165) is 30.5 Å². The van der Waals surface area contributed by atoms with Crippen LogP contribution in [0.5, 0.6) is 11.5 Å². The molecule has 0 bridgehead atoms. The number of phenolic OH excluding ortho intramolecular Hbond substituents is 2. The molecule has 0 radical (unpaired) electrons. The van der Waals surface area contributed by atoms with Gasteiger partial charge in [-0.1, -0.05) is 44.0 Å². The van der Waals surface area contributed by atoms with E-state index in [4.69, 9.17) is 0 Å². The molecule has 0 unspecified atom stereocenters. The van der Waals surface area contributed by atoms with Crippen molar-refractivity contribution in [2.24, 2.45) is 0 Å². The zero-order valence-corrected chi connectivity index (χ0v) is 19.4. The van der Waals surface area contributed by atoms with E-state index in [2.05, 4.69) is 63.7 Å². The number of aromatic hydroxyl groups is 2. The van der Waals surface area contributed by atoms with E-state index in [-0.39, 0.29) is 11.5 Å². The highest BCUT2D eigenvalue weighted by atomic mass is 79.9. The first-order valence-corrected chi connectivity index (χ1v) is 10.8. The van der Waals surface area contributed by atoms with Crippen LogP contribution in [0, 0.1) is 0 Å². The largest absolute Gasteiger partial charge is 0.506 e. The Morgan fingerprint density at radius 3 is 1.31 bits per heavy atom. The molecule has 2 nitrogen and oxygen atoms in total. The molecular weight excluding hydrogens is 592 g/mol. The Hall–Kier alpha value is -1.08. The fraction of sp³-hybridized carbons (Fsp3) is 0. The molecule has 0 amide bonds. The third kappa shape index (κ3) is 2.97. The van der Waals surface area contributed by atoms with Crippen LogP contribution < -0.4 is 0 Å². The standard InChI is InChI=1S/C20H10Br4O2/c21-11-1-3-13-9(5-11)7-15(23)19(25)17(13)18-14-4-2-12(22)6-10(14)8-16(24)20(18)26/h1-8,25-26H. The monoisotopic (exact) mass is 598 g/mol. The number of benzene rings is 4. The lowest BCUT2D eigenvalue weighted by atomic mass is 9.92. The lowest BCUT2D eigenvalue weighted by molar-refractivity contribution is 0.467. The zero-order valence-electron chi connectivity index (χ0n) is 13.0. The van der Waals surface area contributed by atoms with Crippen LogP contribution in [0.1, 0.15) is 0 Å². The summed E-state index contributed by atoms with van der Waals surface area (Å²) in [6, 6.07) is 15.4. The normalized spacial score (nSPS) is 11.4. The van der Waals surface area contributed by atoms with Crippen LogP contribution in [0.25, 0.3) is 32.7 Å². The molecule has 2 N–H and O–H groups in total. The highest BCUT2D eigenvalue weighted by molar-refractivity contribution is 9.11. The summed E-state index contributed by atoms with van der Waals surface area (Å²) in [5.74, 6) is 0.190. The molecule has 0 aliphatic heterocycles. The second-order valence-electron chi connectivity index (χ2n) is 5.89. The summed E-state index contributed by atoms with van der Waals surface area (Å²) in [7, 11) is 0. The van der Waals surface area contributed by atoms with Crippen molar-refractivity contribution in [1.29, 1.82) is 0 Å². The number of hydrogen-bond acceptors (Lipinski definition) is 2. The maximum atomic E-state index is 10.9. The van der Waals surface area contributed by atoms with Gasteiger partial charge in [0, 0.05) is 20.1 Å². The average molecular weight is 602 g/mol. The third-order valence-corrected chi connectivity index (χ3v) is 6.50. The van der Waals surface area contributed by atoms with Gasteiger partial charge >= 0.3 is 0 Å². The molecule has 0 spiro atoms. The molecule has 0 aliphatic carbocycles. The minimum absolute atomic E-state index is 0.0949. The van der Waals surface area contributed by atoms with E-state index in [9.17, 15) is 10.2 Å². The van der Waals surface area contributed by atoms with Gasteiger partial charge in [0.05, 0.1) is 8.95 Å². The predicted molar refractivity (Wildman–Crippen MR) is 121 cm³/mol. The van der Waals surface area contributed by atoms with Gasteiger partial charge in [0.25, 0.3) is 0 Å². The van der Waals surface area contributed by atoms with E-state index in [0.29, 0.717) is 20.1 Å². The first-order chi connectivity index (χ1) is 12.4. The molecule has 4 aromatic rings. The smallest absolute Gasteiger partial charge is 0.138 e. The van der Waals surface area contributed by atoms with Crippen molar-refractivity contribution < 1.29 is 10.2 Å². The molecule has 0 aliphatic rings. The fourth-order valence-corrected chi connectivity index (χ4v) is 4.82. The van der Waals surface area contributed by atoms with Crippen LogP contribution in [-0.4, -0.2) is 10.2 Å². The van der Waals surface area contributed by atoms with Crippen molar-refractivity contribution in [3.63, 3.8) is 0 Å². The summed E-state index contributed by atoms with van der Waals surface area (Å²) in [4.78, 5) is 0. The highest BCUT2D eigenvalue weighted by Crippen LogP contribution is 2.50. The van der Waals surface area contributed by atoms with Gasteiger partial charge < -0.3 is 10.2 Å². The van der Waals surface area contributed by atoms with E-state index >= 15 is 0 Å². The van der Waals surface area contributed by atoms with Gasteiger partial charge in [-0.3, -0.25) is 0 Å². The number of rotatable bonds is 1. The van der Waals surface area contributed by atoms with Gasteiger partial charge in [0.2, 0.25) is 0 Å². The van der Waals surface area contributed by atoms with Crippen LogP contribution in [-0.2, 0) is 0 Å². The molecule has 26 heavy (non-hydrogen) atoms. The summed E-state index contributed by atoms with van der Waals surface area (Å²) in [5.41, 5.74) is 1.18. The first-order valence-electron chi connectivity index (χ1n) is 7.58. The second kappa shape index (κ2) is 6.82. The Morgan fingerprint density at radius 1 is 0.538 bits per heavy atom. The highest BCUT2D eigenvalue weighted by Gasteiger charge is 2.21. The Kier molecular flexibility index (Phi) is 4.80. The first kappa shape index (κ1) is 18.3. The van der Waals surface area contributed by atoms with Crippen LogP contribution in [0.2, 0.25) is 0 Å². The van der Waals surface area contributed by atoms with Crippen molar-refractivity contribution in [1.82, 2.24) is 0 Å². The summed E-state index contributed by atoms with van der Waals surface area (Å²) in [5, 5.41) is 25.3. The fourth-order valence-electron chi connectivity index (χ4n) is 3.17. The van der Waals surface area contributed by atoms with Gasteiger partial charge in [-0.15, -0.1) is 0 Å². The summed E-state index contributed by atoms with van der Waals surface area (Å²) in [6.45, 7) is 0. The Balaban J connectivity index is 2.24. The second-order valence-corrected chi connectivity index (χ2v) is 9.43. The maximum absolute atomic E-state index is 10.9. The van der Waals surface area contributed by atoms with E-state index in [1.54, 1.807) is 0 Å². The van der Waals surface area contributed by atoms with Gasteiger partial charge in [-0.25, -0.2) is 0 Å². The Bertz CT molecular complexity index is 1110. The Morgan fingerprint density at radius 2 is 0.923 bits per heavy atom. The molecule has 4 aromatic carbocycles. The van der Waals surface area contributed by atoms with Gasteiger partial charge in [-0.2, -0.15) is 0 Å². The van der Waals surface area contributed by atoms with Gasteiger partial charge in [-0.05, 0) is 89.8 Å². The summed E-state index contributed by atoms with van der Waals surface area (Å²) < 4.78 is 3.03. The van der Waals surface area contributed by atoms with Crippen molar-refractivity contribution in [2.75, 3.05) is 0 Å². The molecule has 0 atom stereocenters. The molecule has 0 aromatic heterocycles. The van der Waals surface area contributed by atoms with Crippen molar-refractivity contribution >= 4 is 85.3 Å². The van der Waals surface area contributed by atoms with Gasteiger partial charge in [0.15, 0.2) is 0 Å². The van der Waals surface area contributed by atoms with Gasteiger partial charge in [0.1, 0.15) is 11.5 Å². The van der Waals surface area contributed by atoms with Crippen LogP contribution in [0.15, 0.2) is 66.4 Å². The van der Waals surface area contributed by atoms with E-state index in [1.807, 2.05) is 48.5 Å². The minimum atomic E-state index is 0.0949. The number of halogens is 4. The predicted octanol–water partition coefficient (Wildman–Crippen LogP) is 8.12. The Labute approximate surface area is 183 Å². The number of hydrogen-bond donors (Lipinski definition) is 2. The molecule has 0 fully saturated rings. The van der Waals surface area contributed by atoms with Crippen LogP contribution >= 0.6 is 63.7 Å². The van der Waals surface area contributed by atoms with Crippen molar-refractivity contribution in [3.8, 4) is 22.6 Å². The lowest BCUT2D eigenvalue weighted by Crippen LogP contribution is -1.89. The molecule has 0 saturated heterocycles. The van der Waals surface area contributed by atoms with Crippen molar-refractivity contribution in [3.05, 3.63) is 66.4 Å². The lowest BCUT2D eigenvalue weighted by Gasteiger charge is -2.16. The number of fused-ring (bicyclic) bond motifs is 2. The van der Waals surface area contributed by atoms with Crippen LogP contribution in [0.4, 0.5) is 0 Å². The quantitative estimate of drug-likeness (QED) is 0.231. The SMILES string of the molecule is Oc1c(Br)cc2cc(Br)ccc2c1-c1c(O)c(Br)cc2cc(Br)ccc12. The molecule has 6 heteroatoms. The molecule has 0 saturated carbocycles.